The minimum atomic E-state index is -0.609. The molecule has 2 fully saturated rings. The van der Waals surface area contributed by atoms with Crippen molar-refractivity contribution in [1.29, 1.82) is 0 Å². The molecular weight excluding hydrogens is 875 g/mol. The van der Waals surface area contributed by atoms with Crippen LogP contribution in [0.4, 0.5) is 0 Å². The molecule has 3 aromatic carbocycles. The van der Waals surface area contributed by atoms with Crippen molar-refractivity contribution in [2.24, 2.45) is 23.7 Å². The molecule has 0 atom stereocenters. The molecule has 1 radical (unpaired) electrons. The van der Waals surface area contributed by atoms with Gasteiger partial charge in [-0.05, 0) is 123 Å². The van der Waals surface area contributed by atoms with Gasteiger partial charge in [0.1, 0.15) is 23.0 Å². The van der Waals surface area contributed by atoms with Gasteiger partial charge in [-0.25, -0.2) is 9.59 Å². The third kappa shape index (κ3) is 12.5. The Morgan fingerprint density at radius 2 is 0.900 bits per heavy atom. The maximum absolute atomic E-state index is 13.2. The van der Waals surface area contributed by atoms with Gasteiger partial charge < -0.3 is 42.9 Å². The van der Waals surface area contributed by atoms with Crippen LogP contribution >= 0.6 is 11.3 Å². The summed E-state index contributed by atoms with van der Waals surface area (Å²) in [5, 5.41) is 0. The van der Waals surface area contributed by atoms with Gasteiger partial charge in [-0.3, -0.25) is 30.5 Å². The number of hydrogen-bond acceptors (Lipinski definition) is 16. The monoisotopic (exact) mass is 915 g/mol. The molecule has 0 amide bonds. The fraction of sp³-hybridized carbons (Fsp3) is 0.326. The van der Waals surface area contributed by atoms with E-state index in [1.807, 2.05) is 0 Å². The van der Waals surface area contributed by atoms with Crippen LogP contribution in [-0.4, -0.2) is 54.4 Å². The van der Waals surface area contributed by atoms with Crippen molar-refractivity contribution in [3.8, 4) is 34.5 Å². The van der Waals surface area contributed by atoms with Crippen LogP contribution in [0.1, 0.15) is 51.4 Å². The zero-order valence-corrected chi connectivity index (χ0v) is 36.0. The zero-order valence-electron chi connectivity index (χ0n) is 32.4. The van der Waals surface area contributed by atoms with E-state index in [-0.39, 0.29) is 69.6 Å². The van der Waals surface area contributed by atoms with Crippen LogP contribution in [0.2, 0.25) is 0 Å². The molecule has 2 saturated carbocycles. The summed E-state index contributed by atoms with van der Waals surface area (Å²) >= 11 is 1.12. The Balaban J connectivity index is 0.00000683. The number of thiazole rings is 1. The summed E-state index contributed by atoms with van der Waals surface area (Å²) in [6.45, 7) is 6.05. The van der Waals surface area contributed by atoms with E-state index in [2.05, 4.69) is 23.7 Å². The topological polar surface area (TPSA) is 189 Å². The molecule has 0 bridgehead atoms. The van der Waals surface area contributed by atoms with Crippen molar-refractivity contribution in [2.45, 2.75) is 51.4 Å². The Hall–Kier alpha value is -5.45. The van der Waals surface area contributed by atoms with Gasteiger partial charge in [-0.15, -0.1) is 0 Å². The van der Waals surface area contributed by atoms with Gasteiger partial charge >= 0.3 is 35.8 Å². The number of aromatic nitrogens is 1. The zero-order chi connectivity index (χ0) is 41.7. The molecule has 4 aromatic rings. The molecule has 0 spiro atoms. The molecule has 17 heteroatoms. The summed E-state index contributed by atoms with van der Waals surface area (Å²) in [4.78, 5) is 78.7. The van der Waals surface area contributed by atoms with Crippen molar-refractivity contribution in [3.63, 3.8) is 0 Å². The van der Waals surface area contributed by atoms with Crippen LogP contribution < -0.4 is 28.4 Å². The van der Waals surface area contributed by atoms with E-state index in [0.717, 1.165) is 23.5 Å². The normalized spacial score (nSPS) is 18.3. The molecule has 60 heavy (non-hydrogen) atoms. The average molecular weight is 916 g/mol. The van der Waals surface area contributed by atoms with Crippen molar-refractivity contribution >= 4 is 57.4 Å². The van der Waals surface area contributed by atoms with Crippen LogP contribution in [0.15, 0.2) is 86.0 Å². The van der Waals surface area contributed by atoms with Gasteiger partial charge in [0, 0.05) is 44.9 Å². The van der Waals surface area contributed by atoms with Crippen LogP contribution in [-0.2, 0) is 71.0 Å². The first-order chi connectivity index (χ1) is 28.6. The Bertz CT molecular complexity index is 2020. The Labute approximate surface area is 374 Å². The number of carbonyl (C=O) groups excluding carboxylic acids is 6. The number of ether oxygens (including phenoxy) is 8. The molecule has 1 heterocycles. The summed E-state index contributed by atoms with van der Waals surface area (Å²) in [5.74, 6) is -2.55. The SMILES string of the molecule is C=CC(=O)OCOc1ccc(OC(=O)C2CCC(C(=O)Oc3ccc(OC(=O)C4CCC(C(=O)Oc5ccc(OCOC(=O)C=C)cc5)CC4)c4s[c-]nc34)CC2)cc1.[Y]. The van der Waals surface area contributed by atoms with Crippen LogP contribution in [0, 0.1) is 29.2 Å². The largest absolute Gasteiger partial charge is 0.457 e. The van der Waals surface area contributed by atoms with Crippen LogP contribution in [0.5, 0.6) is 34.5 Å². The van der Waals surface area contributed by atoms with Gasteiger partial charge in [-0.1, -0.05) is 17.9 Å². The van der Waals surface area contributed by atoms with Crippen molar-refractivity contribution in [1.82, 2.24) is 4.98 Å². The van der Waals surface area contributed by atoms with Crippen molar-refractivity contribution < 1.29 is 99.4 Å². The second-order valence-electron chi connectivity index (χ2n) is 13.6. The van der Waals surface area contributed by atoms with Crippen molar-refractivity contribution in [2.75, 3.05) is 13.6 Å². The summed E-state index contributed by atoms with van der Waals surface area (Å²) < 4.78 is 43.3. The standard InChI is InChI=1S/C43H40NO14S.Y/c1-3-36(45)53-24-51-30-13-17-32(18-14-30)55-40(47)26-5-9-28(10-6-26)42(49)57-34-21-22-35(39-38(34)44-23-59-39)58-43(50)29-11-7-27(8-12-29)41(48)56-33-19-15-31(16-20-33)52-25-54-37(46)4-2;/h3-4,13-22,26-29H,1-2,5-12,24-25H2;/q-1;. The molecule has 0 unspecified atom stereocenters. The smallest absolute Gasteiger partial charge is 0.333 e. The fourth-order valence-corrected chi connectivity index (χ4v) is 7.25. The molecule has 0 N–H and O–H groups in total. The van der Waals surface area contributed by atoms with E-state index in [0.29, 0.717) is 84.6 Å². The van der Waals surface area contributed by atoms with E-state index in [1.165, 1.54) is 6.07 Å². The molecule has 311 valence electrons. The minimum absolute atomic E-state index is 0. The molecule has 6 rings (SSSR count). The van der Waals surface area contributed by atoms with Gasteiger partial charge in [0.2, 0.25) is 13.6 Å². The molecule has 2 aliphatic rings. The van der Waals surface area contributed by atoms with Gasteiger partial charge in [0.05, 0.1) is 35.2 Å². The molecule has 1 aromatic heterocycles. The Morgan fingerprint density at radius 3 is 1.30 bits per heavy atom. The number of benzene rings is 3. The van der Waals surface area contributed by atoms with Gasteiger partial charge in [0.15, 0.2) is 0 Å². The number of carbonyl (C=O) groups is 6. The number of nitrogens with zero attached hydrogens (tertiary/aromatic N) is 1. The van der Waals surface area contributed by atoms with Crippen LogP contribution in [0.3, 0.4) is 0 Å². The minimum Gasteiger partial charge on any atom is -0.457 e. The van der Waals surface area contributed by atoms with Crippen LogP contribution in [0.25, 0.3) is 10.2 Å². The quantitative estimate of drug-likeness (QED) is 0.0372. The molecule has 0 saturated heterocycles. The van der Waals surface area contributed by atoms with E-state index in [1.54, 1.807) is 54.6 Å². The van der Waals surface area contributed by atoms with E-state index < -0.39 is 47.7 Å². The first kappa shape index (κ1) is 45.6. The maximum Gasteiger partial charge on any atom is 0.333 e. The van der Waals surface area contributed by atoms with Crippen molar-refractivity contribution in [3.05, 3.63) is 91.5 Å². The van der Waals surface area contributed by atoms with Gasteiger partial charge in [0.25, 0.3) is 0 Å². The first-order valence-electron chi connectivity index (χ1n) is 18.8. The molecule has 0 aliphatic heterocycles. The van der Waals surface area contributed by atoms with E-state index in [4.69, 9.17) is 37.9 Å². The third-order valence-corrected chi connectivity index (χ3v) is 10.6. The number of esters is 6. The summed E-state index contributed by atoms with van der Waals surface area (Å²) in [6, 6.07) is 15.7. The number of rotatable bonds is 16. The second kappa shape index (κ2) is 22.2. The summed E-state index contributed by atoms with van der Waals surface area (Å²) in [5.41, 5.74) is 3.12. The predicted molar refractivity (Wildman–Crippen MR) is 208 cm³/mol. The maximum atomic E-state index is 13.2. The molecule has 2 aliphatic carbocycles. The number of fused-ring (bicyclic) bond motifs is 1. The summed E-state index contributed by atoms with van der Waals surface area (Å²) in [7, 11) is 0. The molecule has 15 nitrogen and oxygen atoms in total. The third-order valence-electron chi connectivity index (χ3n) is 9.84. The molecular formula is C43H40NO14SY-. The second-order valence-corrected chi connectivity index (χ2v) is 14.4. The fourth-order valence-electron chi connectivity index (χ4n) is 6.56. The first-order valence-corrected chi connectivity index (χ1v) is 19.6. The average Bonchev–Trinajstić information content (AvgIpc) is 3.77. The Morgan fingerprint density at radius 1 is 0.550 bits per heavy atom. The summed E-state index contributed by atoms with van der Waals surface area (Å²) in [6.07, 6.45) is 5.55. The van der Waals surface area contributed by atoms with E-state index in [9.17, 15) is 28.8 Å². The predicted octanol–water partition coefficient (Wildman–Crippen LogP) is 6.86. The van der Waals surface area contributed by atoms with Gasteiger partial charge in [-0.2, -0.15) is 0 Å². The van der Waals surface area contributed by atoms with E-state index >= 15 is 0 Å². The number of hydrogen-bond donors (Lipinski definition) is 0. The Kier molecular flexibility index (Phi) is 16.9.